The molecule has 3 aromatic rings. The van der Waals surface area contributed by atoms with Crippen molar-refractivity contribution in [2.45, 2.75) is 31.5 Å². The molecule has 0 saturated carbocycles. The molecule has 3 heterocycles. The zero-order chi connectivity index (χ0) is 26.6. The fourth-order valence-corrected chi connectivity index (χ4v) is 6.64. The molecule has 3 aliphatic rings. The number of carbonyl (C=O) groups is 4. The van der Waals surface area contributed by atoms with Crippen molar-refractivity contribution in [1.82, 2.24) is 14.7 Å². The Morgan fingerprint density at radius 3 is 2.08 bits per heavy atom. The number of fused-ring (bicyclic) bond motifs is 5. The van der Waals surface area contributed by atoms with Gasteiger partial charge in [0, 0.05) is 25.6 Å². The van der Waals surface area contributed by atoms with E-state index in [1.54, 1.807) is 29.0 Å². The van der Waals surface area contributed by atoms with Crippen molar-refractivity contribution in [3.63, 3.8) is 0 Å². The predicted molar refractivity (Wildman–Crippen MR) is 141 cm³/mol. The molecule has 3 fully saturated rings. The summed E-state index contributed by atoms with van der Waals surface area (Å²) in [5.74, 6) is -3.04. The van der Waals surface area contributed by atoms with Crippen LogP contribution in [0, 0.1) is 18.8 Å². The van der Waals surface area contributed by atoms with Crippen LogP contribution >= 0.6 is 0 Å². The van der Waals surface area contributed by atoms with Crippen molar-refractivity contribution in [2.24, 2.45) is 11.8 Å². The van der Waals surface area contributed by atoms with Gasteiger partial charge in [0.1, 0.15) is 5.54 Å². The van der Waals surface area contributed by atoms with Gasteiger partial charge in [0.05, 0.1) is 24.4 Å². The summed E-state index contributed by atoms with van der Waals surface area (Å²) < 4.78 is 0. The van der Waals surface area contributed by atoms with Crippen molar-refractivity contribution in [3.8, 4) is 0 Å². The molecule has 4 amide bonds. The van der Waals surface area contributed by atoms with Crippen LogP contribution in [0.3, 0.4) is 0 Å². The Kier molecular flexibility index (Phi) is 5.67. The number of aryl methyl sites for hydroxylation is 1. The SMILES string of the molecule is Cc1ccc(C(=O)N2C3CN(C)C(=O)[C@@]2(Cc2ccccc2)C2C(=O)N(Cc4ccccc4)C(=O)C32)cc1. The fourth-order valence-electron chi connectivity index (χ4n) is 6.64. The minimum Gasteiger partial charge on any atom is -0.342 e. The second-order valence-corrected chi connectivity index (χ2v) is 10.6. The van der Waals surface area contributed by atoms with Gasteiger partial charge in [-0.05, 0) is 30.2 Å². The number of hydrogen-bond donors (Lipinski definition) is 0. The Morgan fingerprint density at radius 1 is 0.842 bits per heavy atom. The van der Waals surface area contributed by atoms with Crippen LogP contribution < -0.4 is 0 Å². The van der Waals surface area contributed by atoms with E-state index in [0.29, 0.717) is 5.56 Å². The van der Waals surface area contributed by atoms with E-state index in [4.69, 9.17) is 0 Å². The highest BCUT2D eigenvalue weighted by atomic mass is 16.2. The van der Waals surface area contributed by atoms with Gasteiger partial charge >= 0.3 is 0 Å². The maximum absolute atomic E-state index is 14.2. The van der Waals surface area contributed by atoms with Gasteiger partial charge in [-0.1, -0.05) is 78.4 Å². The molecule has 38 heavy (non-hydrogen) atoms. The molecule has 0 radical (unpaired) electrons. The zero-order valence-electron chi connectivity index (χ0n) is 21.4. The maximum atomic E-state index is 14.2. The van der Waals surface area contributed by atoms with Gasteiger partial charge in [-0.15, -0.1) is 0 Å². The molecule has 0 aromatic heterocycles. The first-order chi connectivity index (χ1) is 18.3. The predicted octanol–water partition coefficient (Wildman–Crippen LogP) is 3.07. The smallest absolute Gasteiger partial charge is 0.255 e. The fraction of sp³-hybridized carbons (Fsp3) is 0.290. The summed E-state index contributed by atoms with van der Waals surface area (Å²) in [4.78, 5) is 60.9. The molecular weight excluding hydrogens is 478 g/mol. The molecule has 7 nitrogen and oxygen atoms in total. The number of hydrogen-bond acceptors (Lipinski definition) is 4. The second kappa shape index (κ2) is 8.94. The number of imide groups is 1. The van der Waals surface area contributed by atoms with Gasteiger partial charge < -0.3 is 9.80 Å². The Balaban J connectivity index is 1.50. The number of likely N-dealkylation sites (N-methyl/N-ethyl adjacent to an activating group) is 1. The molecule has 3 unspecified atom stereocenters. The minimum absolute atomic E-state index is 0.148. The Hall–Kier alpha value is -4.26. The molecule has 3 aliphatic heterocycles. The largest absolute Gasteiger partial charge is 0.342 e. The normalized spacial score (nSPS) is 26.2. The van der Waals surface area contributed by atoms with E-state index in [-0.39, 0.29) is 43.1 Å². The third-order valence-electron chi connectivity index (χ3n) is 8.33. The van der Waals surface area contributed by atoms with Crippen molar-refractivity contribution >= 4 is 23.6 Å². The van der Waals surface area contributed by atoms with Gasteiger partial charge in [0.15, 0.2) is 0 Å². The zero-order valence-corrected chi connectivity index (χ0v) is 21.4. The molecule has 0 spiro atoms. The van der Waals surface area contributed by atoms with Crippen LogP contribution in [-0.4, -0.2) is 63.5 Å². The number of likely N-dealkylation sites (tertiary alicyclic amines) is 2. The van der Waals surface area contributed by atoms with Crippen LogP contribution in [0.15, 0.2) is 84.9 Å². The molecule has 0 N–H and O–H groups in total. The average Bonchev–Trinajstić information content (AvgIpc) is 3.31. The highest BCUT2D eigenvalue weighted by molar-refractivity contribution is 6.13. The van der Waals surface area contributed by atoms with Crippen molar-refractivity contribution in [3.05, 3.63) is 107 Å². The Bertz CT molecular complexity index is 1420. The van der Waals surface area contributed by atoms with E-state index in [1.165, 1.54) is 4.90 Å². The Labute approximate surface area is 221 Å². The summed E-state index contributed by atoms with van der Waals surface area (Å²) in [6.45, 7) is 2.29. The highest BCUT2D eigenvalue weighted by Gasteiger charge is 2.75. The summed E-state index contributed by atoms with van der Waals surface area (Å²) in [6.07, 6.45) is 0.157. The molecule has 192 valence electrons. The molecule has 6 rings (SSSR count). The summed E-state index contributed by atoms with van der Waals surface area (Å²) in [7, 11) is 1.69. The lowest BCUT2D eigenvalue weighted by Crippen LogP contribution is -2.69. The number of benzene rings is 3. The third-order valence-corrected chi connectivity index (χ3v) is 8.33. The summed E-state index contributed by atoms with van der Waals surface area (Å²) in [5, 5.41) is 0. The van der Waals surface area contributed by atoms with Crippen molar-refractivity contribution in [1.29, 1.82) is 0 Å². The number of piperazine rings is 1. The van der Waals surface area contributed by atoms with Crippen LogP contribution in [-0.2, 0) is 27.3 Å². The first-order valence-corrected chi connectivity index (χ1v) is 12.9. The third kappa shape index (κ3) is 3.49. The molecule has 3 aromatic carbocycles. The molecule has 0 aliphatic carbocycles. The number of amides is 4. The van der Waals surface area contributed by atoms with Crippen LogP contribution in [0.2, 0.25) is 0 Å². The standard InChI is InChI=1S/C31H29N3O4/c1-20-13-15-23(16-14-20)27(35)34-24-19-32(2)30(38)31(34,17-21-9-5-3-6-10-21)26-25(24)28(36)33(29(26)37)18-22-11-7-4-8-12-22/h3-16,24-26H,17-19H2,1-2H3/t24?,25?,26?,31-/m1/s1. The van der Waals surface area contributed by atoms with Crippen molar-refractivity contribution < 1.29 is 19.2 Å². The van der Waals surface area contributed by atoms with Crippen LogP contribution in [0.5, 0.6) is 0 Å². The lowest BCUT2D eigenvalue weighted by Gasteiger charge is -2.49. The summed E-state index contributed by atoms with van der Waals surface area (Å²) in [6, 6.07) is 25.4. The minimum atomic E-state index is -1.50. The van der Waals surface area contributed by atoms with Gasteiger partial charge in [0.2, 0.25) is 17.7 Å². The second-order valence-electron chi connectivity index (χ2n) is 10.6. The number of nitrogens with zero attached hydrogens (tertiary/aromatic N) is 3. The van der Waals surface area contributed by atoms with Gasteiger partial charge in [0.25, 0.3) is 5.91 Å². The number of rotatable bonds is 5. The first kappa shape index (κ1) is 24.1. The van der Waals surface area contributed by atoms with Crippen LogP contribution in [0.4, 0.5) is 0 Å². The van der Waals surface area contributed by atoms with E-state index in [9.17, 15) is 19.2 Å². The van der Waals surface area contributed by atoms with Gasteiger partial charge in [-0.3, -0.25) is 24.1 Å². The summed E-state index contributed by atoms with van der Waals surface area (Å²) in [5.41, 5.74) is 1.63. The van der Waals surface area contributed by atoms with E-state index < -0.39 is 23.4 Å². The topological polar surface area (TPSA) is 78.0 Å². The average molecular weight is 508 g/mol. The monoisotopic (exact) mass is 507 g/mol. The van der Waals surface area contributed by atoms with E-state index in [2.05, 4.69) is 0 Å². The molecule has 4 atom stereocenters. The molecule has 2 bridgehead atoms. The van der Waals surface area contributed by atoms with Crippen LogP contribution in [0.25, 0.3) is 0 Å². The lowest BCUT2D eigenvalue weighted by atomic mass is 9.75. The maximum Gasteiger partial charge on any atom is 0.255 e. The number of carbonyl (C=O) groups excluding carboxylic acids is 4. The molecule has 3 saturated heterocycles. The van der Waals surface area contributed by atoms with Crippen molar-refractivity contribution in [2.75, 3.05) is 13.6 Å². The quantitative estimate of drug-likeness (QED) is 0.498. The van der Waals surface area contributed by atoms with Crippen LogP contribution in [0.1, 0.15) is 27.0 Å². The Morgan fingerprint density at radius 2 is 1.45 bits per heavy atom. The van der Waals surface area contributed by atoms with Gasteiger partial charge in [-0.25, -0.2) is 0 Å². The van der Waals surface area contributed by atoms with E-state index in [0.717, 1.165) is 16.7 Å². The highest BCUT2D eigenvalue weighted by Crippen LogP contribution is 2.54. The van der Waals surface area contributed by atoms with E-state index in [1.807, 2.05) is 79.7 Å². The lowest BCUT2D eigenvalue weighted by molar-refractivity contribution is -0.155. The van der Waals surface area contributed by atoms with E-state index >= 15 is 0 Å². The molecule has 7 heteroatoms. The summed E-state index contributed by atoms with van der Waals surface area (Å²) >= 11 is 0. The van der Waals surface area contributed by atoms with Gasteiger partial charge in [-0.2, -0.15) is 0 Å². The molecular formula is C31H29N3O4. The first-order valence-electron chi connectivity index (χ1n) is 12.9.